The minimum absolute atomic E-state index is 0.396. The van der Waals surface area contributed by atoms with Crippen molar-refractivity contribution in [3.05, 3.63) is 0 Å². The van der Waals surface area contributed by atoms with E-state index in [1.807, 2.05) is 0 Å². The van der Waals surface area contributed by atoms with Crippen LogP contribution in [0, 0.1) is 0 Å². The molecule has 0 saturated carbocycles. The Bertz CT molecular complexity index is 255. The van der Waals surface area contributed by atoms with Crippen LogP contribution in [0.15, 0.2) is 5.16 Å². The number of hydrogen-bond donors (Lipinski definition) is 2. The third kappa shape index (κ3) is 5.41. The average molecular weight is 219 g/mol. The van der Waals surface area contributed by atoms with Crippen LogP contribution >= 0.6 is 11.8 Å². The summed E-state index contributed by atoms with van der Waals surface area (Å²) in [5.41, 5.74) is 5.03. The van der Waals surface area contributed by atoms with Crippen LogP contribution < -0.4 is 11.1 Å². The summed E-state index contributed by atoms with van der Waals surface area (Å²) in [4.78, 5) is 25.6. The Balaban J connectivity index is 4.00. The highest BCUT2D eigenvalue weighted by atomic mass is 32.2. The van der Waals surface area contributed by atoms with Gasteiger partial charge in [0.1, 0.15) is 5.04 Å². The van der Waals surface area contributed by atoms with Gasteiger partial charge >= 0.3 is 6.09 Å². The van der Waals surface area contributed by atoms with E-state index in [0.29, 0.717) is 5.04 Å². The summed E-state index contributed by atoms with van der Waals surface area (Å²) in [5.74, 6) is -0.440. The number of carbonyl (C=O) groups is 2. The average Bonchev–Trinajstić information content (AvgIpc) is 2.13. The molecule has 2 amide bonds. The van der Waals surface area contributed by atoms with Gasteiger partial charge in [0.2, 0.25) is 5.91 Å². The van der Waals surface area contributed by atoms with Crippen LogP contribution in [0.5, 0.6) is 0 Å². The van der Waals surface area contributed by atoms with Crippen LogP contribution in [-0.4, -0.2) is 29.3 Å². The quantitative estimate of drug-likeness (QED) is 0.308. The van der Waals surface area contributed by atoms with E-state index in [-0.39, 0.29) is 0 Å². The minimum atomic E-state index is -0.656. The van der Waals surface area contributed by atoms with E-state index < -0.39 is 17.3 Å². The smallest absolute Gasteiger partial charge is 0.369 e. The van der Waals surface area contributed by atoms with Crippen LogP contribution in [-0.2, 0) is 9.63 Å². The molecule has 80 valence electrons. The van der Waals surface area contributed by atoms with Crippen molar-refractivity contribution in [2.24, 2.45) is 10.9 Å². The maximum Gasteiger partial charge on any atom is 0.433 e. The highest BCUT2D eigenvalue weighted by Crippen LogP contribution is 2.11. The minimum Gasteiger partial charge on any atom is -0.369 e. The number of thioether (sulfide) groups is 1. The molecule has 3 N–H and O–H groups in total. The summed E-state index contributed by atoms with van der Waals surface area (Å²) < 4.78 is 0. The molecule has 1 unspecified atom stereocenters. The summed E-state index contributed by atoms with van der Waals surface area (Å²) in [6, 6.07) is 0. The molecule has 0 aliphatic carbocycles. The first kappa shape index (κ1) is 12.8. The lowest BCUT2D eigenvalue weighted by Gasteiger charge is -2.04. The lowest BCUT2D eigenvalue weighted by Crippen LogP contribution is -2.23. The molecule has 0 heterocycles. The van der Waals surface area contributed by atoms with Gasteiger partial charge in [-0.1, -0.05) is 16.9 Å². The van der Waals surface area contributed by atoms with Crippen molar-refractivity contribution in [2.75, 3.05) is 7.05 Å². The predicted molar refractivity (Wildman–Crippen MR) is 54.9 cm³/mol. The first-order valence-electron chi connectivity index (χ1n) is 3.86. The molecule has 1 atom stereocenters. The Hall–Kier alpha value is -1.24. The predicted octanol–water partition coefficient (Wildman–Crippen LogP) is 0.283. The Morgan fingerprint density at radius 2 is 2.14 bits per heavy atom. The van der Waals surface area contributed by atoms with Crippen LogP contribution in [0.3, 0.4) is 0 Å². The van der Waals surface area contributed by atoms with Gasteiger partial charge in [-0.2, -0.15) is 0 Å². The van der Waals surface area contributed by atoms with Gasteiger partial charge in [0.25, 0.3) is 0 Å². The number of nitrogens with one attached hydrogen (secondary N) is 1. The van der Waals surface area contributed by atoms with E-state index in [2.05, 4.69) is 15.3 Å². The monoisotopic (exact) mass is 219 g/mol. The molecule has 0 saturated heterocycles. The van der Waals surface area contributed by atoms with Crippen LogP contribution in [0.4, 0.5) is 4.79 Å². The van der Waals surface area contributed by atoms with E-state index in [1.54, 1.807) is 13.8 Å². The maximum absolute atomic E-state index is 10.7. The van der Waals surface area contributed by atoms with Gasteiger partial charge in [-0.05, 0) is 13.8 Å². The molecule has 0 radical (unpaired) electrons. The number of nitrogens with two attached hydrogens (primary N) is 1. The maximum atomic E-state index is 10.7. The number of rotatable bonds is 3. The molecule has 0 aliphatic rings. The lowest BCUT2D eigenvalue weighted by molar-refractivity contribution is -0.117. The molecule has 0 aromatic heterocycles. The normalized spacial score (nSPS) is 13.2. The molecule has 0 fully saturated rings. The van der Waals surface area contributed by atoms with Crippen molar-refractivity contribution >= 4 is 28.8 Å². The summed E-state index contributed by atoms with van der Waals surface area (Å²) in [5, 5.41) is 5.77. The third-order valence-electron chi connectivity index (χ3n) is 1.21. The highest BCUT2D eigenvalue weighted by Gasteiger charge is 2.11. The number of amides is 2. The number of hydrogen-bond acceptors (Lipinski definition) is 5. The summed E-state index contributed by atoms with van der Waals surface area (Å²) in [6.45, 7) is 3.26. The Labute approximate surface area is 86.2 Å². The molecule has 0 aromatic rings. The zero-order valence-electron chi connectivity index (χ0n) is 8.23. The van der Waals surface area contributed by atoms with Crippen molar-refractivity contribution in [3.8, 4) is 0 Å². The lowest BCUT2D eigenvalue weighted by atomic mass is 10.5. The first-order valence-corrected chi connectivity index (χ1v) is 4.74. The molecule has 0 aromatic carbocycles. The number of primary amides is 1. The van der Waals surface area contributed by atoms with Crippen LogP contribution in [0.2, 0.25) is 0 Å². The standard InChI is InChI=1S/C7H13N3O3S/c1-4(6(8)11)14-5(2)10-13-7(12)9-3/h4H,1-3H3,(H2,8,11)(H,9,12)/b10-5-. The molecule has 0 bridgehead atoms. The third-order valence-corrected chi connectivity index (χ3v) is 2.21. The fraction of sp³-hybridized carbons (Fsp3) is 0.571. The first-order chi connectivity index (χ1) is 6.47. The van der Waals surface area contributed by atoms with E-state index in [9.17, 15) is 9.59 Å². The Morgan fingerprint density at radius 3 is 2.57 bits per heavy atom. The molecule has 7 heteroatoms. The Morgan fingerprint density at radius 1 is 1.57 bits per heavy atom. The highest BCUT2D eigenvalue weighted by molar-refractivity contribution is 8.14. The van der Waals surface area contributed by atoms with Crippen molar-refractivity contribution in [1.82, 2.24) is 5.32 Å². The number of carbonyl (C=O) groups excluding carboxylic acids is 2. The van der Waals surface area contributed by atoms with Gasteiger partial charge in [-0.15, -0.1) is 0 Å². The van der Waals surface area contributed by atoms with Crippen LogP contribution in [0.1, 0.15) is 13.8 Å². The van der Waals surface area contributed by atoms with E-state index in [0.717, 1.165) is 11.8 Å². The van der Waals surface area contributed by atoms with Gasteiger partial charge in [0.15, 0.2) is 0 Å². The topological polar surface area (TPSA) is 93.8 Å². The van der Waals surface area contributed by atoms with Crippen molar-refractivity contribution in [2.45, 2.75) is 19.1 Å². The summed E-state index contributed by atoms with van der Waals surface area (Å²) in [7, 11) is 1.42. The molecule has 6 nitrogen and oxygen atoms in total. The fourth-order valence-corrected chi connectivity index (χ4v) is 1.19. The molecular formula is C7H13N3O3S. The van der Waals surface area contributed by atoms with E-state index in [4.69, 9.17) is 5.73 Å². The van der Waals surface area contributed by atoms with Crippen molar-refractivity contribution in [1.29, 1.82) is 0 Å². The van der Waals surface area contributed by atoms with E-state index in [1.165, 1.54) is 7.05 Å². The largest absolute Gasteiger partial charge is 0.433 e. The zero-order chi connectivity index (χ0) is 11.1. The van der Waals surface area contributed by atoms with Gasteiger partial charge in [0.05, 0.1) is 5.25 Å². The Kier molecular flexibility index (Phi) is 5.70. The SMILES string of the molecule is CNC(=O)O/N=C(/C)SC(C)C(N)=O. The van der Waals surface area contributed by atoms with Gasteiger partial charge < -0.3 is 11.1 Å². The van der Waals surface area contributed by atoms with Crippen molar-refractivity contribution < 1.29 is 14.4 Å². The van der Waals surface area contributed by atoms with Gasteiger partial charge in [-0.25, -0.2) is 4.79 Å². The second kappa shape index (κ2) is 6.25. The fourth-order valence-electron chi connectivity index (χ4n) is 0.487. The molecule has 0 rings (SSSR count). The number of oxime groups is 1. The molecule has 0 aliphatic heterocycles. The second-order valence-corrected chi connectivity index (χ2v) is 3.94. The van der Waals surface area contributed by atoms with Gasteiger partial charge in [0, 0.05) is 7.05 Å². The second-order valence-electron chi connectivity index (χ2n) is 2.40. The molecule has 0 spiro atoms. The van der Waals surface area contributed by atoms with Crippen LogP contribution in [0.25, 0.3) is 0 Å². The number of nitrogens with zero attached hydrogens (tertiary/aromatic N) is 1. The summed E-state index contributed by atoms with van der Waals surface area (Å²) >= 11 is 1.13. The summed E-state index contributed by atoms with van der Waals surface area (Å²) in [6.07, 6.45) is -0.656. The molecular weight excluding hydrogens is 206 g/mol. The zero-order valence-corrected chi connectivity index (χ0v) is 9.05. The van der Waals surface area contributed by atoms with E-state index >= 15 is 0 Å². The van der Waals surface area contributed by atoms with Gasteiger partial charge in [-0.3, -0.25) is 9.63 Å². The van der Waals surface area contributed by atoms with Crippen molar-refractivity contribution in [3.63, 3.8) is 0 Å². The molecule has 14 heavy (non-hydrogen) atoms.